The molecular weight excluding hydrogens is 250 g/mol. The number of likely N-dealkylation sites (N-methyl/N-ethyl adjacent to an activating group) is 2. The molecule has 0 saturated carbocycles. The first-order valence-electron chi connectivity index (χ1n) is 7.56. The van der Waals surface area contributed by atoms with E-state index in [1.54, 1.807) is 6.33 Å². The predicted octanol–water partition coefficient (Wildman–Crippen LogP) is 1.79. The van der Waals surface area contributed by atoms with E-state index in [-0.39, 0.29) is 5.54 Å². The van der Waals surface area contributed by atoms with E-state index < -0.39 is 0 Å². The van der Waals surface area contributed by atoms with E-state index >= 15 is 0 Å². The fourth-order valence-electron chi connectivity index (χ4n) is 2.26. The van der Waals surface area contributed by atoms with Crippen LogP contribution in [0.25, 0.3) is 0 Å². The maximum Gasteiger partial charge on any atom is 0.138 e. The molecule has 1 unspecified atom stereocenters. The van der Waals surface area contributed by atoms with Crippen LogP contribution in [-0.4, -0.2) is 51.9 Å². The second kappa shape index (κ2) is 7.18. The van der Waals surface area contributed by atoms with Crippen molar-refractivity contribution >= 4 is 0 Å². The first-order valence-corrected chi connectivity index (χ1v) is 7.56. The molecule has 1 rings (SSSR count). The molecule has 0 saturated heterocycles. The number of rotatable bonds is 8. The van der Waals surface area contributed by atoms with E-state index in [9.17, 15) is 0 Å². The molecule has 0 aliphatic carbocycles. The van der Waals surface area contributed by atoms with Crippen molar-refractivity contribution < 1.29 is 0 Å². The first kappa shape index (κ1) is 17.1. The molecule has 0 fully saturated rings. The maximum absolute atomic E-state index is 4.46. The Morgan fingerprint density at radius 3 is 2.50 bits per heavy atom. The van der Waals surface area contributed by atoms with Gasteiger partial charge in [-0.15, -0.1) is 0 Å². The van der Waals surface area contributed by atoms with Gasteiger partial charge in [-0.25, -0.2) is 9.67 Å². The molecule has 0 spiro atoms. The van der Waals surface area contributed by atoms with Gasteiger partial charge >= 0.3 is 0 Å². The molecule has 116 valence electrons. The standard InChI is InChI=1S/C15H31N5/c1-8-16-13(15(4,5)19(6)7)9-14-17-11-18-20(14)10-12(2)3/h11-13,16H,8-10H2,1-7H3. The zero-order valence-corrected chi connectivity index (χ0v) is 14.1. The highest BCUT2D eigenvalue weighted by molar-refractivity contribution is 4.99. The minimum Gasteiger partial charge on any atom is -0.312 e. The molecule has 20 heavy (non-hydrogen) atoms. The molecule has 1 atom stereocenters. The van der Waals surface area contributed by atoms with Crippen molar-refractivity contribution in [2.75, 3.05) is 20.6 Å². The molecule has 5 heteroatoms. The molecule has 0 aliphatic heterocycles. The van der Waals surface area contributed by atoms with Crippen LogP contribution in [0.15, 0.2) is 6.33 Å². The quantitative estimate of drug-likeness (QED) is 0.789. The van der Waals surface area contributed by atoms with Crippen molar-refractivity contribution in [3.63, 3.8) is 0 Å². The Morgan fingerprint density at radius 1 is 1.35 bits per heavy atom. The number of nitrogens with zero attached hydrogens (tertiary/aromatic N) is 4. The highest BCUT2D eigenvalue weighted by atomic mass is 15.3. The summed E-state index contributed by atoms with van der Waals surface area (Å²) in [6, 6.07) is 0.345. The lowest BCUT2D eigenvalue weighted by Crippen LogP contribution is -2.56. The summed E-state index contributed by atoms with van der Waals surface area (Å²) >= 11 is 0. The molecule has 1 aromatic rings. The Labute approximate surface area is 123 Å². The van der Waals surface area contributed by atoms with Crippen molar-refractivity contribution in [3.8, 4) is 0 Å². The number of hydrogen-bond acceptors (Lipinski definition) is 4. The molecular formula is C15H31N5. The average molecular weight is 281 g/mol. The molecule has 0 aromatic carbocycles. The van der Waals surface area contributed by atoms with Gasteiger partial charge in [0.25, 0.3) is 0 Å². The minimum absolute atomic E-state index is 0.0601. The van der Waals surface area contributed by atoms with Crippen molar-refractivity contribution in [2.24, 2.45) is 5.92 Å². The summed E-state index contributed by atoms with van der Waals surface area (Å²) < 4.78 is 2.04. The molecule has 0 amide bonds. The topological polar surface area (TPSA) is 46.0 Å². The van der Waals surface area contributed by atoms with Crippen LogP contribution in [0.1, 0.15) is 40.4 Å². The first-order chi connectivity index (χ1) is 9.28. The third-order valence-corrected chi connectivity index (χ3v) is 4.08. The molecule has 1 aromatic heterocycles. The van der Waals surface area contributed by atoms with Gasteiger partial charge in [-0.2, -0.15) is 5.10 Å². The normalized spacial score (nSPS) is 14.2. The number of hydrogen-bond donors (Lipinski definition) is 1. The molecule has 0 bridgehead atoms. The monoisotopic (exact) mass is 281 g/mol. The van der Waals surface area contributed by atoms with Crippen molar-refractivity contribution in [1.82, 2.24) is 25.0 Å². The fourth-order valence-corrected chi connectivity index (χ4v) is 2.26. The van der Waals surface area contributed by atoms with Crippen molar-refractivity contribution in [1.29, 1.82) is 0 Å². The second-order valence-electron chi connectivity index (χ2n) is 6.61. The van der Waals surface area contributed by atoms with E-state index in [0.717, 1.165) is 25.3 Å². The largest absolute Gasteiger partial charge is 0.312 e. The highest BCUT2D eigenvalue weighted by Gasteiger charge is 2.32. The zero-order valence-electron chi connectivity index (χ0n) is 14.1. The Kier molecular flexibility index (Phi) is 6.14. The van der Waals surface area contributed by atoms with Crippen LogP contribution in [0.2, 0.25) is 0 Å². The van der Waals surface area contributed by atoms with Crippen molar-refractivity contribution in [3.05, 3.63) is 12.2 Å². The van der Waals surface area contributed by atoms with Crippen LogP contribution in [0.4, 0.5) is 0 Å². The summed E-state index contributed by atoms with van der Waals surface area (Å²) in [6.07, 6.45) is 2.56. The fraction of sp³-hybridized carbons (Fsp3) is 0.867. The summed E-state index contributed by atoms with van der Waals surface area (Å²) in [5, 5.41) is 7.96. The lowest BCUT2D eigenvalue weighted by molar-refractivity contribution is 0.136. The van der Waals surface area contributed by atoms with E-state index in [1.807, 2.05) is 4.68 Å². The smallest absolute Gasteiger partial charge is 0.138 e. The number of aromatic nitrogens is 3. The van der Waals surface area contributed by atoms with E-state index in [0.29, 0.717) is 12.0 Å². The Balaban J connectivity index is 2.88. The van der Waals surface area contributed by atoms with Gasteiger partial charge in [-0.3, -0.25) is 0 Å². The molecule has 1 N–H and O–H groups in total. The van der Waals surface area contributed by atoms with E-state index in [1.165, 1.54) is 0 Å². The third-order valence-electron chi connectivity index (χ3n) is 4.08. The van der Waals surface area contributed by atoms with E-state index in [2.05, 4.69) is 69.0 Å². The van der Waals surface area contributed by atoms with E-state index in [4.69, 9.17) is 0 Å². The molecule has 5 nitrogen and oxygen atoms in total. The SMILES string of the molecule is CCNC(Cc1ncnn1CC(C)C)C(C)(C)N(C)C. The summed E-state index contributed by atoms with van der Waals surface area (Å²) in [5.74, 6) is 1.65. The second-order valence-corrected chi connectivity index (χ2v) is 6.61. The lowest BCUT2D eigenvalue weighted by atomic mass is 9.90. The predicted molar refractivity (Wildman–Crippen MR) is 83.8 cm³/mol. The van der Waals surface area contributed by atoms with Gasteiger partial charge in [-0.1, -0.05) is 20.8 Å². The highest BCUT2D eigenvalue weighted by Crippen LogP contribution is 2.19. The number of nitrogens with one attached hydrogen (secondary N) is 1. The Bertz CT molecular complexity index is 395. The summed E-state index contributed by atoms with van der Waals surface area (Å²) in [5.41, 5.74) is 0.0601. The summed E-state index contributed by atoms with van der Waals surface area (Å²) in [6.45, 7) is 13.0. The van der Waals surface area contributed by atoms with Crippen molar-refractivity contribution in [2.45, 2.75) is 59.2 Å². The van der Waals surface area contributed by atoms with Gasteiger partial charge in [0, 0.05) is 24.5 Å². The maximum atomic E-state index is 4.46. The molecule has 0 aliphatic rings. The van der Waals surface area contributed by atoms with Gasteiger partial charge in [-0.05, 0) is 40.4 Å². The lowest BCUT2D eigenvalue weighted by Gasteiger charge is -2.40. The summed E-state index contributed by atoms with van der Waals surface area (Å²) in [4.78, 5) is 6.72. The third kappa shape index (κ3) is 4.28. The molecule has 1 heterocycles. The zero-order chi connectivity index (χ0) is 15.3. The molecule has 0 radical (unpaired) electrons. The van der Waals surface area contributed by atoms with Crippen LogP contribution in [0.5, 0.6) is 0 Å². The van der Waals surface area contributed by atoms with Gasteiger partial charge in [0.2, 0.25) is 0 Å². The van der Waals surface area contributed by atoms with Gasteiger partial charge in [0.15, 0.2) is 0 Å². The van der Waals surface area contributed by atoms with Gasteiger partial charge in [0.1, 0.15) is 12.2 Å². The van der Waals surface area contributed by atoms with Gasteiger partial charge < -0.3 is 10.2 Å². The van der Waals surface area contributed by atoms with Crippen LogP contribution in [0, 0.1) is 5.92 Å². The van der Waals surface area contributed by atoms with Gasteiger partial charge in [0.05, 0.1) is 0 Å². The van der Waals surface area contributed by atoms with Crippen LogP contribution < -0.4 is 5.32 Å². The van der Waals surface area contributed by atoms with Crippen LogP contribution >= 0.6 is 0 Å². The minimum atomic E-state index is 0.0601. The Hall–Kier alpha value is -0.940. The van der Waals surface area contributed by atoms with Crippen LogP contribution in [0.3, 0.4) is 0 Å². The Morgan fingerprint density at radius 2 is 2.00 bits per heavy atom. The van der Waals surface area contributed by atoms with Crippen LogP contribution in [-0.2, 0) is 13.0 Å². The average Bonchev–Trinajstić information content (AvgIpc) is 2.75. The summed E-state index contributed by atoms with van der Waals surface area (Å²) in [7, 11) is 4.26.